The van der Waals surface area contributed by atoms with E-state index in [0.717, 1.165) is 58.3 Å². The summed E-state index contributed by atoms with van der Waals surface area (Å²) in [5.74, 6) is 0.836. The molecule has 31 heavy (non-hydrogen) atoms. The van der Waals surface area contributed by atoms with E-state index in [2.05, 4.69) is 44.8 Å². The summed E-state index contributed by atoms with van der Waals surface area (Å²) in [6.45, 7) is 7.54. The van der Waals surface area contributed by atoms with Crippen LogP contribution in [-0.4, -0.2) is 63.5 Å². The minimum atomic E-state index is 0. The van der Waals surface area contributed by atoms with Crippen LogP contribution in [0.25, 0.3) is 0 Å². The molecule has 2 fully saturated rings. The zero-order valence-electron chi connectivity index (χ0n) is 19.1. The minimum absolute atomic E-state index is 0. The molecule has 1 atom stereocenters. The molecule has 2 saturated heterocycles. The molecule has 2 N–H and O–H groups in total. The monoisotopic (exact) mass is 544 g/mol. The summed E-state index contributed by atoms with van der Waals surface area (Å²) in [6.07, 6.45) is 9.02. The molecule has 0 amide bonds. The highest BCUT2D eigenvalue weighted by Crippen LogP contribution is 2.14. The van der Waals surface area contributed by atoms with Crippen molar-refractivity contribution >= 4 is 29.9 Å². The third-order valence-electron chi connectivity index (χ3n) is 5.90. The van der Waals surface area contributed by atoms with E-state index in [-0.39, 0.29) is 24.0 Å². The van der Waals surface area contributed by atoms with E-state index in [1.165, 1.54) is 56.3 Å². The molecule has 1 aromatic rings. The molecular weight excluding hydrogens is 503 g/mol. The Labute approximate surface area is 205 Å². The molecule has 0 spiro atoms. The van der Waals surface area contributed by atoms with E-state index in [9.17, 15) is 0 Å². The number of guanidine groups is 1. The number of benzene rings is 1. The predicted octanol–water partition coefficient (Wildman–Crippen LogP) is 3.93. The van der Waals surface area contributed by atoms with Crippen molar-refractivity contribution in [3.63, 3.8) is 0 Å². The van der Waals surface area contributed by atoms with Crippen LogP contribution in [-0.2, 0) is 22.6 Å². The van der Waals surface area contributed by atoms with Crippen molar-refractivity contribution in [1.82, 2.24) is 15.5 Å². The molecule has 2 aliphatic rings. The highest BCUT2D eigenvalue weighted by molar-refractivity contribution is 14.0. The van der Waals surface area contributed by atoms with Gasteiger partial charge in [0.15, 0.2) is 5.96 Å². The Morgan fingerprint density at radius 2 is 1.81 bits per heavy atom. The molecule has 1 aromatic carbocycles. The van der Waals surface area contributed by atoms with Crippen molar-refractivity contribution in [1.29, 1.82) is 0 Å². The van der Waals surface area contributed by atoms with Crippen LogP contribution in [0.4, 0.5) is 0 Å². The van der Waals surface area contributed by atoms with Crippen LogP contribution in [0.3, 0.4) is 0 Å². The summed E-state index contributed by atoms with van der Waals surface area (Å²) < 4.78 is 11.3. The summed E-state index contributed by atoms with van der Waals surface area (Å²) in [6, 6.07) is 8.99. The minimum Gasteiger partial charge on any atom is -0.379 e. The first kappa shape index (κ1) is 26.4. The first-order valence-electron chi connectivity index (χ1n) is 11.8. The quantitative estimate of drug-likeness (QED) is 0.202. The fourth-order valence-corrected chi connectivity index (χ4v) is 4.09. The van der Waals surface area contributed by atoms with E-state index in [1.54, 1.807) is 0 Å². The average Bonchev–Trinajstić information content (AvgIpc) is 3.16. The van der Waals surface area contributed by atoms with Crippen molar-refractivity contribution in [3.05, 3.63) is 35.4 Å². The number of hydrogen-bond donors (Lipinski definition) is 2. The maximum absolute atomic E-state index is 5.71. The number of likely N-dealkylation sites (tertiary alicyclic amines) is 1. The molecule has 6 nitrogen and oxygen atoms in total. The van der Waals surface area contributed by atoms with Gasteiger partial charge >= 0.3 is 0 Å². The highest BCUT2D eigenvalue weighted by Gasteiger charge is 2.15. The van der Waals surface area contributed by atoms with Crippen molar-refractivity contribution in [2.75, 3.05) is 46.5 Å². The zero-order chi connectivity index (χ0) is 20.9. The zero-order valence-corrected chi connectivity index (χ0v) is 21.4. The first-order valence-corrected chi connectivity index (χ1v) is 11.8. The first-order chi connectivity index (χ1) is 14.8. The average molecular weight is 545 g/mol. The summed E-state index contributed by atoms with van der Waals surface area (Å²) >= 11 is 0. The third-order valence-corrected chi connectivity index (χ3v) is 5.90. The van der Waals surface area contributed by atoms with Gasteiger partial charge in [0.2, 0.25) is 0 Å². The molecule has 0 aromatic heterocycles. The van der Waals surface area contributed by atoms with E-state index in [1.807, 2.05) is 7.05 Å². The van der Waals surface area contributed by atoms with Crippen LogP contribution in [0.2, 0.25) is 0 Å². The van der Waals surface area contributed by atoms with E-state index in [4.69, 9.17) is 9.47 Å². The number of aliphatic imine (C=N–C) groups is 1. The summed E-state index contributed by atoms with van der Waals surface area (Å²) in [5, 5.41) is 6.76. The Balaban J connectivity index is 0.00000341. The van der Waals surface area contributed by atoms with Gasteiger partial charge in [0.05, 0.1) is 12.7 Å². The van der Waals surface area contributed by atoms with Gasteiger partial charge in [-0.15, -0.1) is 24.0 Å². The van der Waals surface area contributed by atoms with Gasteiger partial charge in [0.1, 0.15) is 0 Å². The molecule has 3 rings (SSSR count). The SMILES string of the molecule is CN=C(NCCCOCC1CCCO1)NCc1ccc(CN2CCCCCC2)cc1.I. The maximum Gasteiger partial charge on any atom is 0.191 e. The number of rotatable bonds is 10. The predicted molar refractivity (Wildman–Crippen MR) is 138 cm³/mol. The topological polar surface area (TPSA) is 58.1 Å². The second-order valence-corrected chi connectivity index (χ2v) is 8.42. The Kier molecular flexibility index (Phi) is 13.5. The van der Waals surface area contributed by atoms with Crippen molar-refractivity contribution < 1.29 is 9.47 Å². The Morgan fingerprint density at radius 1 is 1.06 bits per heavy atom. The number of ether oxygens (including phenoxy) is 2. The van der Waals surface area contributed by atoms with Crippen LogP contribution in [0, 0.1) is 0 Å². The second-order valence-electron chi connectivity index (χ2n) is 8.42. The summed E-state index contributed by atoms with van der Waals surface area (Å²) in [5.41, 5.74) is 2.68. The van der Waals surface area contributed by atoms with Gasteiger partial charge in [-0.2, -0.15) is 0 Å². The van der Waals surface area contributed by atoms with Crippen LogP contribution < -0.4 is 10.6 Å². The normalized spacial score (nSPS) is 20.2. The molecule has 0 bridgehead atoms. The van der Waals surface area contributed by atoms with Gasteiger partial charge in [-0.1, -0.05) is 37.1 Å². The van der Waals surface area contributed by atoms with Gasteiger partial charge in [0, 0.05) is 39.9 Å². The maximum atomic E-state index is 5.71. The molecule has 2 aliphatic heterocycles. The molecule has 0 aliphatic carbocycles. The number of hydrogen-bond acceptors (Lipinski definition) is 4. The molecule has 0 saturated carbocycles. The van der Waals surface area contributed by atoms with Gasteiger partial charge in [0.25, 0.3) is 0 Å². The lowest BCUT2D eigenvalue weighted by Crippen LogP contribution is -2.37. The second kappa shape index (κ2) is 15.8. The molecule has 176 valence electrons. The fraction of sp³-hybridized carbons (Fsp3) is 0.708. The molecule has 7 heteroatoms. The van der Waals surface area contributed by atoms with Crippen molar-refractivity contribution in [2.24, 2.45) is 4.99 Å². The van der Waals surface area contributed by atoms with Crippen molar-refractivity contribution in [2.45, 2.75) is 64.1 Å². The number of halogens is 1. The van der Waals surface area contributed by atoms with Crippen LogP contribution in [0.5, 0.6) is 0 Å². The molecular formula is C24H41IN4O2. The standard InChI is InChI=1S/C24H40N4O2.HI/c1-25-24(26-13-7-16-29-20-23-8-6-17-30-23)27-18-21-9-11-22(12-10-21)19-28-14-4-2-3-5-15-28;/h9-12,23H,2-8,13-20H2,1H3,(H2,25,26,27);1H. The van der Waals surface area contributed by atoms with Crippen LogP contribution in [0.1, 0.15) is 56.1 Å². The third kappa shape index (κ3) is 10.5. The van der Waals surface area contributed by atoms with Gasteiger partial charge in [-0.05, 0) is 56.3 Å². The van der Waals surface area contributed by atoms with Crippen LogP contribution >= 0.6 is 24.0 Å². The summed E-state index contributed by atoms with van der Waals surface area (Å²) in [7, 11) is 1.81. The molecule has 1 unspecified atom stereocenters. The number of nitrogens with one attached hydrogen (secondary N) is 2. The fourth-order valence-electron chi connectivity index (χ4n) is 4.09. The van der Waals surface area contributed by atoms with Crippen molar-refractivity contribution in [3.8, 4) is 0 Å². The van der Waals surface area contributed by atoms with E-state index >= 15 is 0 Å². The van der Waals surface area contributed by atoms with Gasteiger partial charge in [-0.3, -0.25) is 9.89 Å². The van der Waals surface area contributed by atoms with Crippen LogP contribution in [0.15, 0.2) is 29.3 Å². The lowest BCUT2D eigenvalue weighted by Gasteiger charge is -2.20. The van der Waals surface area contributed by atoms with E-state index in [0.29, 0.717) is 6.10 Å². The largest absolute Gasteiger partial charge is 0.379 e. The number of nitrogens with zero attached hydrogens (tertiary/aromatic N) is 2. The Bertz CT molecular complexity index is 613. The Morgan fingerprint density at radius 3 is 2.48 bits per heavy atom. The smallest absolute Gasteiger partial charge is 0.191 e. The van der Waals surface area contributed by atoms with Gasteiger partial charge in [-0.25, -0.2) is 0 Å². The lowest BCUT2D eigenvalue weighted by molar-refractivity contribution is 0.0168. The highest BCUT2D eigenvalue weighted by atomic mass is 127. The van der Waals surface area contributed by atoms with Gasteiger partial charge < -0.3 is 20.1 Å². The molecule has 2 heterocycles. The lowest BCUT2D eigenvalue weighted by atomic mass is 10.1. The summed E-state index contributed by atoms with van der Waals surface area (Å²) in [4.78, 5) is 6.91. The van der Waals surface area contributed by atoms with E-state index < -0.39 is 0 Å². The molecule has 0 radical (unpaired) electrons. The Hall–Kier alpha value is -0.900.